The summed E-state index contributed by atoms with van der Waals surface area (Å²) in [5, 5.41) is 0. The summed E-state index contributed by atoms with van der Waals surface area (Å²) in [6.07, 6.45) is -10.4. The van der Waals surface area contributed by atoms with Crippen LogP contribution in [0.3, 0.4) is 0 Å². The van der Waals surface area contributed by atoms with Crippen LogP contribution in [0, 0.1) is 5.92 Å². The summed E-state index contributed by atoms with van der Waals surface area (Å²) in [6, 6.07) is 5.79. The third-order valence-electron chi connectivity index (χ3n) is 4.72. The molecule has 1 heterocycles. The molecule has 0 saturated heterocycles. The molecule has 0 saturated carbocycles. The maximum Gasteiger partial charge on any atom is 0.416 e. The summed E-state index contributed by atoms with van der Waals surface area (Å²) >= 11 is 0. The SMILES string of the molecule is CC(C)[C@H]1COC(c2ccccc2NS(=O)(=O)c2cc(C(F)(F)F)cc(C(F)(F)F)c2)=N1. The Morgan fingerprint density at radius 2 is 1.56 bits per heavy atom. The van der Waals surface area contributed by atoms with Gasteiger partial charge in [-0.15, -0.1) is 0 Å². The molecule has 2 aromatic rings. The number of ether oxygens (including phenoxy) is 1. The van der Waals surface area contributed by atoms with E-state index in [0.717, 1.165) is 0 Å². The first kappa shape index (κ1) is 23.9. The standard InChI is InChI=1S/C20H18F6N2O3S/c1-11(2)17-10-31-18(27-17)15-5-3-4-6-16(15)28-32(29,30)14-8-12(19(21,22)23)7-13(9-14)20(24,25)26/h3-9,11,17,28H,10H2,1-2H3/t17-/m1/s1. The van der Waals surface area contributed by atoms with Crippen molar-refractivity contribution in [3.05, 3.63) is 59.2 Å². The van der Waals surface area contributed by atoms with Crippen LogP contribution in [0.4, 0.5) is 32.0 Å². The molecule has 174 valence electrons. The Hall–Kier alpha value is -2.76. The van der Waals surface area contributed by atoms with Gasteiger partial charge in [0.2, 0.25) is 5.90 Å². The zero-order chi connectivity index (χ0) is 23.9. The van der Waals surface area contributed by atoms with Crippen LogP contribution in [0.2, 0.25) is 0 Å². The van der Waals surface area contributed by atoms with Gasteiger partial charge in [-0.3, -0.25) is 4.72 Å². The fourth-order valence-corrected chi connectivity index (χ4v) is 4.07. The molecule has 0 fully saturated rings. The van der Waals surface area contributed by atoms with Crippen molar-refractivity contribution >= 4 is 21.6 Å². The van der Waals surface area contributed by atoms with Crippen molar-refractivity contribution in [2.75, 3.05) is 11.3 Å². The number of rotatable bonds is 5. The number of halogens is 6. The van der Waals surface area contributed by atoms with Crippen LogP contribution in [0.1, 0.15) is 30.5 Å². The van der Waals surface area contributed by atoms with Crippen LogP contribution < -0.4 is 4.72 Å². The van der Waals surface area contributed by atoms with Crippen molar-refractivity contribution < 1.29 is 39.5 Å². The van der Waals surface area contributed by atoms with E-state index >= 15 is 0 Å². The summed E-state index contributed by atoms with van der Waals surface area (Å²) in [5.74, 6) is 0.268. The zero-order valence-corrected chi connectivity index (χ0v) is 17.6. The van der Waals surface area contributed by atoms with E-state index in [2.05, 4.69) is 9.71 Å². The highest BCUT2D eigenvalue weighted by Crippen LogP contribution is 2.37. The van der Waals surface area contributed by atoms with Crippen LogP contribution in [0.25, 0.3) is 0 Å². The second-order valence-corrected chi connectivity index (χ2v) is 9.13. The molecule has 0 unspecified atom stereocenters. The van der Waals surface area contributed by atoms with Crippen LogP contribution in [0.15, 0.2) is 52.4 Å². The third-order valence-corrected chi connectivity index (χ3v) is 6.06. The number of para-hydroxylation sites is 1. The Balaban J connectivity index is 2.04. The molecule has 32 heavy (non-hydrogen) atoms. The van der Waals surface area contributed by atoms with Gasteiger partial charge >= 0.3 is 12.4 Å². The number of benzene rings is 2. The van der Waals surface area contributed by atoms with E-state index < -0.39 is 38.4 Å². The largest absolute Gasteiger partial charge is 0.475 e. The summed E-state index contributed by atoms with van der Waals surface area (Å²) in [5.41, 5.74) is -3.35. The van der Waals surface area contributed by atoms with E-state index in [4.69, 9.17) is 4.74 Å². The van der Waals surface area contributed by atoms with E-state index in [-0.39, 0.29) is 53.9 Å². The number of nitrogens with one attached hydrogen (secondary N) is 1. The maximum absolute atomic E-state index is 13.1. The smallest absolute Gasteiger partial charge is 0.416 e. The molecule has 0 aromatic heterocycles. The minimum Gasteiger partial charge on any atom is -0.475 e. The summed E-state index contributed by atoms with van der Waals surface area (Å²) in [7, 11) is -4.82. The first-order valence-electron chi connectivity index (χ1n) is 9.31. The zero-order valence-electron chi connectivity index (χ0n) is 16.8. The van der Waals surface area contributed by atoms with Crippen LogP contribution in [0.5, 0.6) is 0 Å². The molecule has 1 aliphatic rings. The van der Waals surface area contributed by atoms with E-state index in [1.54, 1.807) is 6.07 Å². The summed E-state index contributed by atoms with van der Waals surface area (Å²) < 4.78 is 112. The number of nitrogens with zero attached hydrogens (tertiary/aromatic N) is 1. The number of alkyl halides is 6. The molecule has 3 rings (SSSR count). The van der Waals surface area contributed by atoms with Crippen LogP contribution >= 0.6 is 0 Å². The Kier molecular flexibility index (Phi) is 6.20. The van der Waals surface area contributed by atoms with Gasteiger partial charge in [0.15, 0.2) is 0 Å². The molecule has 1 N–H and O–H groups in total. The lowest BCUT2D eigenvalue weighted by molar-refractivity contribution is -0.143. The van der Waals surface area contributed by atoms with Gasteiger partial charge < -0.3 is 4.74 Å². The van der Waals surface area contributed by atoms with Gasteiger partial charge in [-0.1, -0.05) is 26.0 Å². The van der Waals surface area contributed by atoms with Gasteiger partial charge in [0, 0.05) is 0 Å². The summed E-state index contributed by atoms with van der Waals surface area (Å²) in [4.78, 5) is 3.20. The molecule has 5 nitrogen and oxygen atoms in total. The van der Waals surface area contributed by atoms with Gasteiger partial charge in [0.25, 0.3) is 10.0 Å². The van der Waals surface area contributed by atoms with E-state index in [1.165, 1.54) is 18.2 Å². The Morgan fingerprint density at radius 3 is 2.06 bits per heavy atom. The minimum absolute atomic E-state index is 0.0957. The Bertz CT molecular complexity index is 1110. The molecular formula is C20H18F6N2O3S. The van der Waals surface area contributed by atoms with Crippen molar-refractivity contribution in [1.29, 1.82) is 0 Å². The van der Waals surface area contributed by atoms with Crippen LogP contribution in [-0.2, 0) is 27.1 Å². The molecular weight excluding hydrogens is 462 g/mol. The molecule has 0 bridgehead atoms. The van der Waals surface area contributed by atoms with Crippen molar-refractivity contribution in [3.8, 4) is 0 Å². The molecule has 2 aromatic carbocycles. The Morgan fingerprint density at radius 1 is 1.00 bits per heavy atom. The highest BCUT2D eigenvalue weighted by atomic mass is 32.2. The lowest BCUT2D eigenvalue weighted by Gasteiger charge is -2.16. The Labute approximate surface area is 180 Å². The maximum atomic E-state index is 13.1. The quantitative estimate of drug-likeness (QED) is 0.589. The topological polar surface area (TPSA) is 67.8 Å². The lowest BCUT2D eigenvalue weighted by atomic mass is 10.1. The number of sulfonamides is 1. The van der Waals surface area contributed by atoms with E-state index in [9.17, 15) is 34.8 Å². The van der Waals surface area contributed by atoms with Gasteiger partial charge in [-0.2, -0.15) is 26.3 Å². The monoisotopic (exact) mass is 480 g/mol. The lowest BCUT2D eigenvalue weighted by Crippen LogP contribution is -2.19. The fourth-order valence-electron chi connectivity index (χ4n) is 2.92. The number of aliphatic imine (C=N–C) groups is 1. The molecule has 12 heteroatoms. The molecule has 0 aliphatic carbocycles. The average molecular weight is 480 g/mol. The van der Waals surface area contributed by atoms with Gasteiger partial charge in [-0.25, -0.2) is 13.4 Å². The van der Waals surface area contributed by atoms with E-state index in [0.29, 0.717) is 0 Å². The predicted molar refractivity (Wildman–Crippen MR) is 105 cm³/mol. The highest BCUT2D eigenvalue weighted by Gasteiger charge is 2.38. The second kappa shape index (κ2) is 8.30. The van der Waals surface area contributed by atoms with Gasteiger partial charge in [0.1, 0.15) is 6.61 Å². The molecule has 0 amide bonds. The number of hydrogen-bond acceptors (Lipinski definition) is 4. The van der Waals surface area contributed by atoms with Gasteiger partial charge in [-0.05, 0) is 36.2 Å². The molecule has 0 spiro atoms. The number of anilines is 1. The first-order valence-corrected chi connectivity index (χ1v) is 10.8. The average Bonchev–Trinajstić information content (AvgIpc) is 3.17. The third kappa shape index (κ3) is 5.17. The normalized spacial score (nSPS) is 17.3. The second-order valence-electron chi connectivity index (χ2n) is 7.45. The fraction of sp³-hybridized carbons (Fsp3) is 0.350. The summed E-state index contributed by atoms with van der Waals surface area (Å²) in [6.45, 7) is 4.10. The van der Waals surface area contributed by atoms with Crippen LogP contribution in [-0.4, -0.2) is 27.0 Å². The first-order chi connectivity index (χ1) is 14.7. The molecule has 1 aliphatic heterocycles. The number of hydrogen-bond donors (Lipinski definition) is 1. The van der Waals surface area contributed by atoms with Crippen molar-refractivity contribution in [1.82, 2.24) is 0 Å². The van der Waals surface area contributed by atoms with Crippen molar-refractivity contribution in [2.24, 2.45) is 10.9 Å². The molecule has 0 radical (unpaired) electrons. The van der Waals surface area contributed by atoms with Gasteiger partial charge in [0.05, 0.1) is 33.3 Å². The molecule has 1 atom stereocenters. The van der Waals surface area contributed by atoms with Crippen molar-refractivity contribution in [2.45, 2.75) is 37.1 Å². The van der Waals surface area contributed by atoms with Crippen molar-refractivity contribution in [3.63, 3.8) is 0 Å². The predicted octanol–water partition coefficient (Wildman–Crippen LogP) is 5.33. The minimum atomic E-state index is -5.18. The highest BCUT2D eigenvalue weighted by molar-refractivity contribution is 7.92. The van der Waals surface area contributed by atoms with E-state index in [1.807, 2.05) is 13.8 Å².